The van der Waals surface area contributed by atoms with Gasteiger partial charge in [-0.15, -0.1) is 0 Å². The first kappa shape index (κ1) is 9.75. The molecular formula is C6H12N4O3. The molecule has 1 aromatic rings. The third-order valence-corrected chi connectivity index (χ3v) is 1.71. The first-order chi connectivity index (χ1) is 6.20. The quantitative estimate of drug-likeness (QED) is 0.508. The summed E-state index contributed by atoms with van der Waals surface area (Å²) >= 11 is 0. The van der Waals surface area contributed by atoms with E-state index in [1.165, 1.54) is 7.11 Å². The summed E-state index contributed by atoms with van der Waals surface area (Å²) in [6.45, 7) is 0.409. The summed E-state index contributed by atoms with van der Waals surface area (Å²) in [5.41, 5.74) is 4.38. The Morgan fingerprint density at radius 3 is 2.38 bits per heavy atom. The molecule has 0 aliphatic heterocycles. The van der Waals surface area contributed by atoms with E-state index in [4.69, 9.17) is 10.5 Å². The van der Waals surface area contributed by atoms with Gasteiger partial charge in [0.2, 0.25) is 0 Å². The molecule has 0 amide bonds. The second kappa shape index (κ2) is 4.06. The van der Waals surface area contributed by atoms with Gasteiger partial charge in [-0.05, 0) is 0 Å². The minimum Gasteiger partial charge on any atom is -0.382 e. The summed E-state index contributed by atoms with van der Waals surface area (Å²) in [5.74, 6) is 0. The fourth-order valence-corrected chi connectivity index (χ4v) is 1.09. The Labute approximate surface area is 73.5 Å². The van der Waals surface area contributed by atoms with Gasteiger partial charge in [-0.25, -0.2) is 24.4 Å². The number of hydrogen-bond donors (Lipinski definition) is 3. The van der Waals surface area contributed by atoms with E-state index in [2.05, 4.69) is 10.2 Å². The van der Waals surface area contributed by atoms with Crippen molar-refractivity contribution in [3.63, 3.8) is 0 Å². The van der Waals surface area contributed by atoms with E-state index in [-0.39, 0.29) is 13.2 Å². The van der Waals surface area contributed by atoms with Gasteiger partial charge in [0.1, 0.15) is 0 Å². The van der Waals surface area contributed by atoms with Crippen molar-refractivity contribution in [2.45, 2.75) is 6.04 Å². The molecule has 0 fully saturated rings. The number of hydrogen-bond acceptors (Lipinski definition) is 4. The van der Waals surface area contributed by atoms with Crippen LogP contribution in [0.15, 0.2) is 9.59 Å². The monoisotopic (exact) mass is 188 g/mol. The van der Waals surface area contributed by atoms with Crippen molar-refractivity contribution in [2.24, 2.45) is 5.73 Å². The Morgan fingerprint density at radius 2 is 2.00 bits per heavy atom. The van der Waals surface area contributed by atoms with Crippen LogP contribution in [0, 0.1) is 0 Å². The first-order valence-corrected chi connectivity index (χ1v) is 3.79. The Morgan fingerprint density at radius 1 is 1.46 bits per heavy atom. The molecule has 7 nitrogen and oxygen atoms in total. The van der Waals surface area contributed by atoms with Gasteiger partial charge in [-0.1, -0.05) is 0 Å². The van der Waals surface area contributed by atoms with E-state index >= 15 is 0 Å². The van der Waals surface area contributed by atoms with Crippen LogP contribution in [0.2, 0.25) is 0 Å². The summed E-state index contributed by atoms with van der Waals surface area (Å²) in [6, 6.07) is -0.424. The van der Waals surface area contributed by atoms with Crippen LogP contribution < -0.4 is 17.1 Å². The maximum atomic E-state index is 11.1. The van der Waals surface area contributed by atoms with Crippen LogP contribution in [0.25, 0.3) is 0 Å². The lowest BCUT2D eigenvalue weighted by molar-refractivity contribution is 0.155. The average Bonchev–Trinajstić information content (AvgIpc) is 2.43. The number of rotatable bonds is 4. The van der Waals surface area contributed by atoms with Gasteiger partial charge < -0.3 is 10.5 Å². The van der Waals surface area contributed by atoms with Crippen molar-refractivity contribution in [1.29, 1.82) is 0 Å². The van der Waals surface area contributed by atoms with Crippen LogP contribution in [-0.2, 0) is 4.74 Å². The molecule has 0 aromatic carbocycles. The van der Waals surface area contributed by atoms with E-state index in [0.717, 1.165) is 4.57 Å². The van der Waals surface area contributed by atoms with Crippen molar-refractivity contribution in [3.05, 3.63) is 21.0 Å². The zero-order chi connectivity index (χ0) is 9.84. The number of aromatic nitrogens is 3. The highest BCUT2D eigenvalue weighted by Gasteiger charge is 2.14. The third kappa shape index (κ3) is 1.87. The van der Waals surface area contributed by atoms with Crippen molar-refractivity contribution in [3.8, 4) is 0 Å². The molecule has 0 saturated heterocycles. The molecule has 1 atom stereocenters. The van der Waals surface area contributed by atoms with Crippen LogP contribution in [-0.4, -0.2) is 35.0 Å². The minimum absolute atomic E-state index is 0.175. The average molecular weight is 188 g/mol. The normalized spacial score (nSPS) is 13.1. The van der Waals surface area contributed by atoms with E-state index < -0.39 is 17.4 Å². The molecule has 0 aliphatic carbocycles. The lowest BCUT2D eigenvalue weighted by atomic mass is 10.3. The van der Waals surface area contributed by atoms with E-state index in [1.807, 2.05) is 0 Å². The lowest BCUT2D eigenvalue weighted by Crippen LogP contribution is -2.37. The van der Waals surface area contributed by atoms with Gasteiger partial charge in [0.15, 0.2) is 0 Å². The number of H-pyrrole nitrogens is 2. The van der Waals surface area contributed by atoms with Crippen LogP contribution in [0.3, 0.4) is 0 Å². The van der Waals surface area contributed by atoms with E-state index in [9.17, 15) is 9.59 Å². The van der Waals surface area contributed by atoms with Crippen LogP contribution >= 0.6 is 0 Å². The molecule has 13 heavy (non-hydrogen) atoms. The molecule has 7 heteroatoms. The third-order valence-electron chi connectivity index (χ3n) is 1.71. The zero-order valence-electron chi connectivity index (χ0n) is 7.24. The number of methoxy groups -OCH3 is 1. The molecule has 1 unspecified atom stereocenters. The molecule has 0 saturated carbocycles. The highest BCUT2D eigenvalue weighted by atomic mass is 16.5. The second-order valence-corrected chi connectivity index (χ2v) is 2.58. The lowest BCUT2D eigenvalue weighted by Gasteiger charge is -2.11. The van der Waals surface area contributed by atoms with Crippen LogP contribution in [0.5, 0.6) is 0 Å². The summed E-state index contributed by atoms with van der Waals surface area (Å²) < 4.78 is 5.83. The molecule has 0 spiro atoms. The highest BCUT2D eigenvalue weighted by Crippen LogP contribution is 1.96. The number of aromatic amines is 2. The van der Waals surface area contributed by atoms with Crippen molar-refractivity contribution in [2.75, 3.05) is 20.3 Å². The molecule has 1 heterocycles. The molecule has 0 radical (unpaired) electrons. The molecule has 0 bridgehead atoms. The summed E-state index contributed by atoms with van der Waals surface area (Å²) in [6.07, 6.45) is 0. The van der Waals surface area contributed by atoms with E-state index in [1.54, 1.807) is 0 Å². The number of nitrogens with two attached hydrogens (primary N) is 1. The first-order valence-electron chi connectivity index (χ1n) is 3.79. The predicted octanol–water partition coefficient (Wildman–Crippen LogP) is -1.99. The van der Waals surface area contributed by atoms with Crippen molar-refractivity contribution < 1.29 is 4.74 Å². The molecule has 4 N–H and O–H groups in total. The summed E-state index contributed by atoms with van der Waals surface area (Å²) in [5, 5.41) is 4.34. The van der Waals surface area contributed by atoms with Gasteiger partial charge in [-0.2, -0.15) is 0 Å². The number of nitrogens with one attached hydrogen (secondary N) is 2. The molecule has 1 rings (SSSR count). The SMILES string of the molecule is COCC(CN)n1c(=O)[nH][nH]c1=O. The fraction of sp³-hybridized carbons (Fsp3) is 0.667. The highest BCUT2D eigenvalue weighted by molar-refractivity contribution is 4.75. The van der Waals surface area contributed by atoms with Gasteiger partial charge in [0.05, 0.1) is 12.6 Å². The second-order valence-electron chi connectivity index (χ2n) is 2.58. The Kier molecular flexibility index (Phi) is 3.04. The minimum atomic E-state index is -0.502. The number of ether oxygens (including phenoxy) is 1. The molecule has 1 aromatic heterocycles. The standard InChI is InChI=1S/C6H12N4O3/c1-13-3-4(2-7)10-5(11)8-9-6(10)12/h4H,2-3,7H2,1H3,(H,8,11)(H,9,12). The van der Waals surface area contributed by atoms with Gasteiger partial charge in [-0.3, -0.25) is 0 Å². The predicted molar refractivity (Wildman–Crippen MR) is 45.6 cm³/mol. The van der Waals surface area contributed by atoms with Gasteiger partial charge in [0.25, 0.3) is 0 Å². The summed E-state index contributed by atoms with van der Waals surface area (Å²) in [4.78, 5) is 22.2. The topological polar surface area (TPSA) is 106 Å². The molecule has 74 valence electrons. The van der Waals surface area contributed by atoms with Gasteiger partial charge in [0, 0.05) is 13.7 Å². The van der Waals surface area contributed by atoms with Crippen LogP contribution in [0.4, 0.5) is 0 Å². The maximum Gasteiger partial charge on any atom is 0.344 e. The molecule has 0 aliphatic rings. The summed E-state index contributed by atoms with van der Waals surface area (Å²) in [7, 11) is 1.48. The Bertz CT molecular complexity index is 335. The van der Waals surface area contributed by atoms with Gasteiger partial charge >= 0.3 is 11.4 Å². The smallest absolute Gasteiger partial charge is 0.344 e. The molecular weight excluding hydrogens is 176 g/mol. The maximum absolute atomic E-state index is 11.1. The van der Waals surface area contributed by atoms with Crippen molar-refractivity contribution >= 4 is 0 Å². The largest absolute Gasteiger partial charge is 0.382 e. The Balaban J connectivity index is 3.03. The zero-order valence-corrected chi connectivity index (χ0v) is 7.24. The van der Waals surface area contributed by atoms with E-state index in [0.29, 0.717) is 0 Å². The number of nitrogens with zero attached hydrogens (tertiary/aromatic N) is 1. The Hall–Kier alpha value is -1.34. The fourth-order valence-electron chi connectivity index (χ4n) is 1.09. The van der Waals surface area contributed by atoms with Crippen molar-refractivity contribution in [1.82, 2.24) is 14.8 Å². The van der Waals surface area contributed by atoms with Crippen LogP contribution in [0.1, 0.15) is 6.04 Å².